The van der Waals surface area contributed by atoms with Crippen LogP contribution < -0.4 is 5.32 Å². The number of rotatable bonds is 60. The second-order valence-corrected chi connectivity index (χ2v) is 25.1. The van der Waals surface area contributed by atoms with Crippen molar-refractivity contribution in [3.05, 3.63) is 97.2 Å². The smallest absolute Gasteiger partial charge is 0.456 e. The summed E-state index contributed by atoms with van der Waals surface area (Å²) in [6.07, 6.45) is 81.1. The first kappa shape index (κ1) is 77.9. The maximum absolute atomic E-state index is 13.6. The van der Waals surface area contributed by atoms with Gasteiger partial charge in [0.15, 0.2) is 0 Å². The third kappa shape index (κ3) is 61.3. The number of hydrogen-bond donors (Lipinski definition) is 2. The third-order valence-electron chi connectivity index (χ3n) is 14.5. The Labute approximate surface area is 500 Å². The second kappa shape index (κ2) is 60.1. The van der Waals surface area contributed by atoms with E-state index in [1.807, 2.05) is 33.3 Å². The van der Waals surface area contributed by atoms with Crippen molar-refractivity contribution in [2.24, 2.45) is 0 Å². The lowest BCUT2D eigenvalue weighted by molar-refractivity contribution is -0.870. The van der Waals surface area contributed by atoms with E-state index >= 15 is 0 Å². The Morgan fingerprint density at radius 3 is 1.21 bits per heavy atom. The lowest BCUT2D eigenvalue weighted by atomic mass is 10.0. The number of esters is 1. The summed E-state index contributed by atoms with van der Waals surface area (Å²) < 4.78 is 30.8. The van der Waals surface area contributed by atoms with E-state index in [0.29, 0.717) is 17.4 Å². The summed E-state index contributed by atoms with van der Waals surface area (Å²) in [5.74, 6) is -0.521. The molecule has 0 aromatic rings. The molecule has 0 saturated carbocycles. The third-order valence-corrected chi connectivity index (χ3v) is 15.5. The highest BCUT2D eigenvalue weighted by molar-refractivity contribution is 7.47. The van der Waals surface area contributed by atoms with Crippen molar-refractivity contribution in [2.75, 3.05) is 40.9 Å². The fraction of sp³-hybridized carbons (Fsp3) is 0.746. The molecule has 3 atom stereocenters. The molecule has 0 aliphatic carbocycles. The van der Waals surface area contributed by atoms with Crippen LogP contribution in [-0.2, 0) is 27.9 Å². The van der Waals surface area contributed by atoms with E-state index in [1.54, 1.807) is 0 Å². The Bertz CT molecular complexity index is 1710. The molecule has 0 aromatic carbocycles. The first-order chi connectivity index (χ1) is 39.4. The molecule has 3 unspecified atom stereocenters. The zero-order valence-corrected chi connectivity index (χ0v) is 54.4. The second-order valence-electron chi connectivity index (χ2n) is 23.6. The van der Waals surface area contributed by atoms with E-state index in [1.165, 1.54) is 148 Å². The summed E-state index contributed by atoms with van der Waals surface area (Å²) >= 11 is 0. The molecule has 0 heterocycles. The molecule has 81 heavy (non-hydrogen) atoms. The molecule has 0 aliphatic heterocycles. The van der Waals surface area contributed by atoms with E-state index in [-0.39, 0.29) is 31.5 Å². The minimum Gasteiger partial charge on any atom is -0.456 e. The fourth-order valence-corrected chi connectivity index (χ4v) is 10.1. The molecule has 0 aromatic heterocycles. The first-order valence-electron chi connectivity index (χ1n) is 33.6. The number of phosphoric ester groups is 1. The lowest BCUT2D eigenvalue weighted by Crippen LogP contribution is -2.47. The Hall–Kier alpha value is -3.07. The minimum atomic E-state index is -4.46. The van der Waals surface area contributed by atoms with Crippen LogP contribution in [0.2, 0.25) is 0 Å². The minimum absolute atomic E-state index is 0.0332. The van der Waals surface area contributed by atoms with Crippen molar-refractivity contribution in [1.82, 2.24) is 5.32 Å². The number of carbonyl (C=O) groups excluding carboxylic acids is 2. The average molecular weight is 1150 g/mol. The largest absolute Gasteiger partial charge is 0.472 e. The fourth-order valence-electron chi connectivity index (χ4n) is 9.35. The first-order valence-corrected chi connectivity index (χ1v) is 35.1. The van der Waals surface area contributed by atoms with Gasteiger partial charge in [0.1, 0.15) is 19.3 Å². The van der Waals surface area contributed by atoms with Gasteiger partial charge in [-0.25, -0.2) is 4.57 Å². The van der Waals surface area contributed by atoms with Crippen LogP contribution in [-0.4, -0.2) is 74.3 Å². The number of allylic oxidation sites excluding steroid dienone is 15. The van der Waals surface area contributed by atoms with Crippen molar-refractivity contribution >= 4 is 19.7 Å². The van der Waals surface area contributed by atoms with Crippen LogP contribution in [0.15, 0.2) is 97.2 Å². The molecule has 0 bridgehead atoms. The van der Waals surface area contributed by atoms with E-state index in [9.17, 15) is 19.0 Å². The summed E-state index contributed by atoms with van der Waals surface area (Å²) in [5, 5.41) is 3.06. The number of amides is 1. The molecule has 0 rings (SSSR count). The maximum atomic E-state index is 13.6. The molecule has 0 saturated heterocycles. The molecule has 10 heteroatoms. The van der Waals surface area contributed by atoms with Gasteiger partial charge in [0.25, 0.3) is 0 Å². The molecule has 468 valence electrons. The molecular weight excluding hydrogens is 1020 g/mol. The Morgan fingerprint density at radius 2 is 0.790 bits per heavy atom. The van der Waals surface area contributed by atoms with Crippen molar-refractivity contribution in [3.8, 4) is 0 Å². The maximum Gasteiger partial charge on any atom is 0.472 e. The van der Waals surface area contributed by atoms with Crippen LogP contribution in [0.1, 0.15) is 290 Å². The Balaban J connectivity index is 5.23. The van der Waals surface area contributed by atoms with Crippen LogP contribution in [0.5, 0.6) is 0 Å². The summed E-state index contributed by atoms with van der Waals surface area (Å²) in [4.78, 5) is 37.9. The number of quaternary nitrogens is 1. The van der Waals surface area contributed by atoms with E-state index < -0.39 is 20.0 Å². The zero-order valence-electron chi connectivity index (χ0n) is 53.5. The van der Waals surface area contributed by atoms with Crippen molar-refractivity contribution in [2.45, 2.75) is 303 Å². The van der Waals surface area contributed by atoms with Gasteiger partial charge in [-0.3, -0.25) is 18.6 Å². The number of carbonyl (C=O) groups is 2. The van der Waals surface area contributed by atoms with Crippen LogP contribution in [0, 0.1) is 0 Å². The predicted molar refractivity (Wildman–Crippen MR) is 350 cm³/mol. The molecule has 0 fully saturated rings. The quantitative estimate of drug-likeness (QED) is 0.0205. The number of unbranched alkanes of at least 4 members (excludes halogenated alkanes) is 30. The van der Waals surface area contributed by atoms with E-state index in [4.69, 9.17) is 13.8 Å². The van der Waals surface area contributed by atoms with Gasteiger partial charge in [0.2, 0.25) is 5.91 Å². The molecular formula is C71H128N2O7P+. The van der Waals surface area contributed by atoms with Gasteiger partial charge in [-0.15, -0.1) is 0 Å². The van der Waals surface area contributed by atoms with Crippen molar-refractivity contribution < 1.29 is 37.3 Å². The topological polar surface area (TPSA) is 111 Å². The van der Waals surface area contributed by atoms with Gasteiger partial charge in [-0.1, -0.05) is 266 Å². The average Bonchev–Trinajstić information content (AvgIpc) is 3.44. The normalized spacial score (nSPS) is 14.2. The number of likely N-dealkylation sites (N-methyl/N-ethyl adjacent to an activating group) is 1. The van der Waals surface area contributed by atoms with E-state index in [2.05, 4.69) is 111 Å². The number of nitrogens with one attached hydrogen (secondary N) is 1. The molecule has 0 aliphatic rings. The number of nitrogens with zero attached hydrogens (tertiary/aromatic N) is 1. The van der Waals surface area contributed by atoms with Gasteiger partial charge in [-0.2, -0.15) is 0 Å². The lowest BCUT2D eigenvalue weighted by Gasteiger charge is -2.27. The zero-order chi connectivity index (χ0) is 59.3. The van der Waals surface area contributed by atoms with Crippen LogP contribution >= 0.6 is 7.82 Å². The summed E-state index contributed by atoms with van der Waals surface area (Å²) in [7, 11) is 1.48. The summed E-state index contributed by atoms with van der Waals surface area (Å²) in [6.45, 7) is 6.88. The van der Waals surface area contributed by atoms with Crippen LogP contribution in [0.4, 0.5) is 0 Å². The molecule has 0 radical (unpaired) electrons. The van der Waals surface area contributed by atoms with Crippen molar-refractivity contribution in [1.29, 1.82) is 0 Å². The highest BCUT2D eigenvalue weighted by atomic mass is 31.2. The molecule has 0 spiro atoms. The summed E-state index contributed by atoms with van der Waals surface area (Å²) in [6, 6.07) is -0.862. The predicted octanol–water partition coefficient (Wildman–Crippen LogP) is 21.1. The van der Waals surface area contributed by atoms with Gasteiger partial charge in [0, 0.05) is 12.8 Å². The van der Waals surface area contributed by atoms with Gasteiger partial charge in [0.05, 0.1) is 33.8 Å². The Morgan fingerprint density at radius 1 is 0.444 bits per heavy atom. The van der Waals surface area contributed by atoms with Crippen LogP contribution in [0.25, 0.3) is 0 Å². The van der Waals surface area contributed by atoms with Gasteiger partial charge >= 0.3 is 13.8 Å². The standard InChI is InChI=1S/C71H127N2O7P/c1-7-10-13-16-19-22-25-28-30-32-34-35-36-37-39-40-42-45-48-51-54-57-60-63-70(74)72-68(67-79-81(76,77)78-66-65-73(4,5)6)69(62-59-56-53-50-47-44-27-24-21-18-15-12-9-3)80-71(75)64-61-58-55-52-49-46-43-41-38-33-31-29-26-23-20-17-14-11-8-2/h10,13,19-20,22-23,28-31,34-35,37,39,59,62,68-69H,7-9,11-12,14-18,21,24-27,32-33,36,38,40-58,60-61,63-67H2,1-6H3,(H-,72,74,76,77)/p+1/b13-10-,22-19-,23-20-,30-28-,31-29-,35-34-,39-37-,62-59-. The number of hydrogen-bond acceptors (Lipinski definition) is 6. The molecule has 1 amide bonds. The SMILES string of the molecule is CC/C=C\C/C=C\C/C=C\C/C=C\C/C=C\CCCCCCCCCC(=O)NC(COP(=O)(O)OCC[N+](C)(C)C)C(/C=C\CCCCCCCCCCCCC)OC(=O)CCCCCCCCCCC/C=C\C/C=C\CCCCC. The number of ether oxygens (including phenoxy) is 1. The van der Waals surface area contributed by atoms with E-state index in [0.717, 1.165) is 109 Å². The van der Waals surface area contributed by atoms with Gasteiger partial charge < -0.3 is 19.4 Å². The highest BCUT2D eigenvalue weighted by Crippen LogP contribution is 2.43. The monoisotopic (exact) mass is 1150 g/mol. The highest BCUT2D eigenvalue weighted by Gasteiger charge is 2.30. The Kier molecular flexibility index (Phi) is 57.8. The molecule has 2 N–H and O–H groups in total. The summed E-state index contributed by atoms with van der Waals surface area (Å²) in [5.41, 5.74) is 0. The molecule has 9 nitrogen and oxygen atoms in total. The van der Waals surface area contributed by atoms with Crippen LogP contribution in [0.3, 0.4) is 0 Å². The van der Waals surface area contributed by atoms with Crippen molar-refractivity contribution in [3.63, 3.8) is 0 Å². The number of phosphoric acid groups is 1. The van der Waals surface area contributed by atoms with Gasteiger partial charge in [-0.05, 0) is 109 Å².